The van der Waals surface area contributed by atoms with Crippen LogP contribution in [0.1, 0.15) is 27.7 Å². The monoisotopic (exact) mass is 379 g/mol. The van der Waals surface area contributed by atoms with Gasteiger partial charge >= 0.3 is 0 Å². The van der Waals surface area contributed by atoms with E-state index in [0.29, 0.717) is 5.88 Å². The number of aliphatic imine (C=N–C) groups is 1. The fraction of sp³-hybridized carbons (Fsp3) is 0.786. The Labute approximate surface area is 135 Å². The molecule has 0 aromatic carbocycles. The van der Waals surface area contributed by atoms with Crippen LogP contribution >= 0.6 is 15.9 Å². The van der Waals surface area contributed by atoms with Crippen LogP contribution in [-0.2, 0) is 8.85 Å². The Morgan fingerprint density at radius 2 is 1.65 bits per heavy atom. The van der Waals surface area contributed by atoms with Gasteiger partial charge in [0, 0.05) is 11.2 Å². The van der Waals surface area contributed by atoms with E-state index >= 15 is 0 Å². The molecule has 6 heteroatoms. The summed E-state index contributed by atoms with van der Waals surface area (Å²) in [5.74, 6) is 0.620. The van der Waals surface area contributed by atoms with E-state index in [1.54, 1.807) is 4.99 Å². The predicted octanol–water partition coefficient (Wildman–Crippen LogP) is 5.51. The summed E-state index contributed by atoms with van der Waals surface area (Å²) in [6, 6.07) is 0. The Morgan fingerprint density at radius 3 is 2.00 bits per heavy atom. The van der Waals surface area contributed by atoms with E-state index in [9.17, 15) is 0 Å². The fourth-order valence-corrected chi connectivity index (χ4v) is 3.71. The molecule has 0 aromatic rings. The van der Waals surface area contributed by atoms with Gasteiger partial charge in [0.15, 0.2) is 8.32 Å². The van der Waals surface area contributed by atoms with Gasteiger partial charge in [0.2, 0.25) is 14.2 Å². The van der Waals surface area contributed by atoms with Gasteiger partial charge in [-0.2, -0.15) is 0 Å². The van der Waals surface area contributed by atoms with Gasteiger partial charge < -0.3 is 8.85 Å². The largest absolute Gasteiger partial charge is 0.531 e. The predicted molar refractivity (Wildman–Crippen MR) is 97.7 cm³/mol. The van der Waals surface area contributed by atoms with Gasteiger partial charge in [-0.25, -0.2) is 4.99 Å². The molecular weight excluding hydrogens is 350 g/mol. The van der Waals surface area contributed by atoms with Crippen LogP contribution in [0.25, 0.3) is 0 Å². The van der Waals surface area contributed by atoms with Crippen LogP contribution in [-0.4, -0.2) is 29.0 Å². The third kappa shape index (κ3) is 7.76. The van der Waals surface area contributed by atoms with Crippen molar-refractivity contribution in [2.24, 2.45) is 4.99 Å². The minimum absolute atomic E-state index is 0.0106. The molecule has 0 aliphatic rings. The molecule has 0 spiro atoms. The summed E-state index contributed by atoms with van der Waals surface area (Å²) in [7, 11) is -3.39. The summed E-state index contributed by atoms with van der Waals surface area (Å²) in [4.78, 5) is 6.12. The summed E-state index contributed by atoms with van der Waals surface area (Å²) in [5.41, 5.74) is 0. The van der Waals surface area contributed by atoms with Crippen molar-refractivity contribution in [1.29, 1.82) is 0 Å². The SMILES string of the molecule is C[C@@H](/C=N/C(=C/Br)O[Si](C)(C)C)O[Si](C)(C)C(C)(C)C. The second-order valence-corrected chi connectivity index (χ2v) is 17.2. The van der Waals surface area contributed by atoms with Crippen LogP contribution in [0.5, 0.6) is 0 Å². The van der Waals surface area contributed by atoms with Crippen LogP contribution in [0, 0.1) is 0 Å². The zero-order valence-electron chi connectivity index (χ0n) is 14.4. The summed E-state index contributed by atoms with van der Waals surface area (Å²) in [5, 5.41) is 0.206. The van der Waals surface area contributed by atoms with Crippen LogP contribution < -0.4 is 0 Å². The Balaban J connectivity index is 4.68. The highest BCUT2D eigenvalue weighted by Gasteiger charge is 2.38. The Morgan fingerprint density at radius 1 is 1.15 bits per heavy atom. The van der Waals surface area contributed by atoms with E-state index in [4.69, 9.17) is 8.85 Å². The van der Waals surface area contributed by atoms with Crippen LogP contribution in [0.15, 0.2) is 15.9 Å². The molecule has 1 atom stereocenters. The molecule has 0 N–H and O–H groups in total. The van der Waals surface area contributed by atoms with E-state index < -0.39 is 16.6 Å². The Kier molecular flexibility index (Phi) is 7.41. The van der Waals surface area contributed by atoms with Gasteiger partial charge in [-0.3, -0.25) is 0 Å². The maximum Gasteiger partial charge on any atom is 0.244 e. The van der Waals surface area contributed by atoms with Crippen molar-refractivity contribution in [3.8, 4) is 0 Å². The van der Waals surface area contributed by atoms with E-state index in [-0.39, 0.29) is 11.1 Å². The standard InChI is InChI=1S/C14H30BrNO2Si2/c1-12(17-20(8,9)14(2,3)4)11-16-13(10-15)18-19(5,6)7/h10-12H,1-9H3/b13-10-,16-11+/t12-/m0/s1. The molecule has 3 nitrogen and oxygen atoms in total. The number of halogens is 1. The average molecular weight is 380 g/mol. The molecular formula is C14H30BrNO2Si2. The fourth-order valence-electron chi connectivity index (χ4n) is 1.24. The molecule has 0 unspecified atom stereocenters. The van der Waals surface area contributed by atoms with Gasteiger partial charge in [-0.05, 0) is 44.7 Å². The first-order valence-corrected chi connectivity index (χ1v) is 14.2. The maximum absolute atomic E-state index is 6.23. The van der Waals surface area contributed by atoms with Crippen molar-refractivity contribution >= 4 is 38.8 Å². The summed E-state index contributed by atoms with van der Waals surface area (Å²) in [6.45, 7) is 19.6. The normalized spacial score (nSPS) is 16.6. The van der Waals surface area contributed by atoms with Crippen LogP contribution in [0.3, 0.4) is 0 Å². The molecule has 0 amide bonds. The molecule has 0 aromatic heterocycles. The smallest absolute Gasteiger partial charge is 0.244 e. The van der Waals surface area contributed by atoms with E-state index in [1.165, 1.54) is 0 Å². The molecule has 0 bridgehead atoms. The van der Waals surface area contributed by atoms with Crippen LogP contribution in [0.4, 0.5) is 0 Å². The molecule has 0 saturated carbocycles. The van der Waals surface area contributed by atoms with E-state index in [2.05, 4.69) is 74.4 Å². The third-order valence-corrected chi connectivity index (χ3v) is 8.99. The van der Waals surface area contributed by atoms with Gasteiger partial charge in [0.25, 0.3) is 0 Å². The third-order valence-electron chi connectivity index (χ3n) is 3.20. The highest BCUT2D eigenvalue weighted by atomic mass is 79.9. The van der Waals surface area contributed by atoms with Crippen molar-refractivity contribution in [3.63, 3.8) is 0 Å². The molecule has 0 heterocycles. The molecule has 0 radical (unpaired) electrons. The summed E-state index contributed by atoms with van der Waals surface area (Å²) in [6.07, 6.45) is 1.82. The van der Waals surface area contributed by atoms with Gasteiger partial charge in [-0.1, -0.05) is 36.7 Å². The summed E-state index contributed by atoms with van der Waals surface area (Å²) >= 11 is 3.30. The van der Waals surface area contributed by atoms with Crippen molar-refractivity contribution < 1.29 is 8.85 Å². The molecule has 0 aliphatic carbocycles. The zero-order valence-corrected chi connectivity index (χ0v) is 18.0. The first-order valence-electron chi connectivity index (χ1n) is 7.00. The van der Waals surface area contributed by atoms with Gasteiger partial charge in [0.05, 0.1) is 6.10 Å². The van der Waals surface area contributed by atoms with Crippen molar-refractivity contribution in [2.45, 2.75) is 71.6 Å². The second-order valence-electron chi connectivity index (χ2n) is 7.52. The number of hydrogen-bond acceptors (Lipinski definition) is 3. The molecule has 0 fully saturated rings. The first-order chi connectivity index (χ1) is 8.78. The number of nitrogens with zero attached hydrogens (tertiary/aromatic N) is 1. The topological polar surface area (TPSA) is 30.8 Å². The minimum atomic E-state index is -1.75. The minimum Gasteiger partial charge on any atom is -0.531 e. The lowest BCUT2D eigenvalue weighted by atomic mass is 10.2. The van der Waals surface area contributed by atoms with E-state index in [0.717, 1.165) is 0 Å². The molecule has 20 heavy (non-hydrogen) atoms. The van der Waals surface area contributed by atoms with Crippen molar-refractivity contribution in [2.75, 3.05) is 0 Å². The lowest BCUT2D eigenvalue weighted by Gasteiger charge is -2.37. The Bertz CT molecular complexity index is 368. The van der Waals surface area contributed by atoms with Gasteiger partial charge in [0.1, 0.15) is 0 Å². The molecule has 0 saturated heterocycles. The number of rotatable bonds is 6. The molecule has 0 rings (SSSR count). The average Bonchev–Trinajstić information content (AvgIpc) is 2.20. The van der Waals surface area contributed by atoms with Gasteiger partial charge in [-0.15, -0.1) is 0 Å². The van der Waals surface area contributed by atoms with Crippen molar-refractivity contribution in [1.82, 2.24) is 0 Å². The quantitative estimate of drug-likeness (QED) is 0.345. The lowest BCUT2D eigenvalue weighted by Crippen LogP contribution is -2.43. The highest BCUT2D eigenvalue weighted by Crippen LogP contribution is 2.37. The zero-order chi connectivity index (χ0) is 16.2. The van der Waals surface area contributed by atoms with E-state index in [1.807, 2.05) is 13.1 Å². The maximum atomic E-state index is 6.23. The highest BCUT2D eigenvalue weighted by molar-refractivity contribution is 9.11. The lowest BCUT2D eigenvalue weighted by molar-refractivity contribution is 0.263. The van der Waals surface area contributed by atoms with Crippen molar-refractivity contribution in [3.05, 3.63) is 10.9 Å². The summed E-state index contributed by atoms with van der Waals surface area (Å²) < 4.78 is 12.1. The number of hydrogen-bond donors (Lipinski definition) is 0. The first kappa shape index (κ1) is 20.1. The molecule has 0 aliphatic heterocycles. The molecule has 118 valence electrons. The second kappa shape index (κ2) is 7.38. The van der Waals surface area contributed by atoms with Crippen LogP contribution in [0.2, 0.25) is 37.8 Å². The Hall–Kier alpha value is 0.0838.